The van der Waals surface area contributed by atoms with Crippen molar-refractivity contribution in [2.24, 2.45) is 5.73 Å². The van der Waals surface area contributed by atoms with Gasteiger partial charge in [-0.2, -0.15) is 0 Å². The third kappa shape index (κ3) is 3.30. The number of hydrogen-bond donors (Lipinski definition) is 1. The molecule has 1 atom stereocenters. The van der Waals surface area contributed by atoms with E-state index in [1.165, 1.54) is 37.8 Å². The zero-order chi connectivity index (χ0) is 13.0. The summed E-state index contributed by atoms with van der Waals surface area (Å²) in [6, 6.07) is 7.73. The fourth-order valence-electron chi connectivity index (χ4n) is 2.49. The van der Waals surface area contributed by atoms with Crippen molar-refractivity contribution in [3.05, 3.63) is 35.6 Å². The Kier molecular flexibility index (Phi) is 4.72. The van der Waals surface area contributed by atoms with Gasteiger partial charge in [0, 0.05) is 18.6 Å². The lowest BCUT2D eigenvalue weighted by molar-refractivity contribution is 0.188. The molecule has 1 fully saturated rings. The van der Waals surface area contributed by atoms with Crippen LogP contribution in [0.15, 0.2) is 24.3 Å². The second kappa shape index (κ2) is 6.30. The molecule has 0 amide bonds. The van der Waals surface area contributed by atoms with E-state index < -0.39 is 0 Å². The summed E-state index contributed by atoms with van der Waals surface area (Å²) in [5, 5.41) is 0. The van der Waals surface area contributed by atoms with Crippen molar-refractivity contribution in [1.29, 1.82) is 0 Å². The van der Waals surface area contributed by atoms with Crippen molar-refractivity contribution >= 4 is 0 Å². The molecule has 100 valence electrons. The van der Waals surface area contributed by atoms with Crippen LogP contribution in [0.1, 0.15) is 44.2 Å². The van der Waals surface area contributed by atoms with Gasteiger partial charge >= 0.3 is 0 Å². The first-order valence-corrected chi connectivity index (χ1v) is 6.97. The van der Waals surface area contributed by atoms with Crippen LogP contribution < -0.4 is 5.73 Å². The molecule has 2 rings (SSSR count). The third-order valence-electron chi connectivity index (χ3n) is 3.66. The molecule has 1 unspecified atom stereocenters. The predicted molar refractivity (Wildman–Crippen MR) is 72.8 cm³/mol. The monoisotopic (exact) mass is 250 g/mol. The van der Waals surface area contributed by atoms with Gasteiger partial charge in [-0.25, -0.2) is 4.39 Å². The molecule has 1 aromatic rings. The molecular weight excluding hydrogens is 227 g/mol. The SMILES string of the molecule is CCCCN(C1CC1)C(CN)c1ccc(F)cc1. The summed E-state index contributed by atoms with van der Waals surface area (Å²) in [6.07, 6.45) is 4.96. The number of nitrogens with zero attached hydrogens (tertiary/aromatic N) is 1. The Morgan fingerprint density at radius 3 is 2.50 bits per heavy atom. The molecule has 0 bridgehead atoms. The van der Waals surface area contributed by atoms with Crippen LogP contribution in [0.3, 0.4) is 0 Å². The molecule has 1 aliphatic carbocycles. The van der Waals surface area contributed by atoms with Crippen LogP contribution in [0, 0.1) is 5.82 Å². The Hall–Kier alpha value is -0.930. The van der Waals surface area contributed by atoms with E-state index in [9.17, 15) is 4.39 Å². The van der Waals surface area contributed by atoms with Gasteiger partial charge in [-0.15, -0.1) is 0 Å². The molecular formula is C15H23FN2. The fourth-order valence-corrected chi connectivity index (χ4v) is 2.49. The zero-order valence-corrected chi connectivity index (χ0v) is 11.1. The summed E-state index contributed by atoms with van der Waals surface area (Å²) < 4.78 is 13.0. The number of benzene rings is 1. The summed E-state index contributed by atoms with van der Waals surface area (Å²) >= 11 is 0. The van der Waals surface area contributed by atoms with Gasteiger partial charge in [-0.1, -0.05) is 25.5 Å². The lowest BCUT2D eigenvalue weighted by Gasteiger charge is -2.31. The first-order valence-electron chi connectivity index (χ1n) is 6.97. The Morgan fingerprint density at radius 1 is 1.33 bits per heavy atom. The van der Waals surface area contributed by atoms with Gasteiger partial charge in [-0.05, 0) is 43.5 Å². The lowest BCUT2D eigenvalue weighted by atomic mass is 10.0. The normalized spacial score (nSPS) is 17.1. The average molecular weight is 250 g/mol. The maximum Gasteiger partial charge on any atom is 0.123 e. The highest BCUT2D eigenvalue weighted by Crippen LogP contribution is 2.34. The van der Waals surface area contributed by atoms with Crippen molar-refractivity contribution in [1.82, 2.24) is 4.90 Å². The van der Waals surface area contributed by atoms with Crippen molar-refractivity contribution in [2.75, 3.05) is 13.1 Å². The van der Waals surface area contributed by atoms with Gasteiger partial charge in [0.25, 0.3) is 0 Å². The molecule has 0 saturated heterocycles. The van der Waals surface area contributed by atoms with Gasteiger partial charge in [0.1, 0.15) is 5.82 Å². The molecule has 0 aromatic heterocycles. The van der Waals surface area contributed by atoms with E-state index in [-0.39, 0.29) is 11.9 Å². The number of hydrogen-bond acceptors (Lipinski definition) is 2. The average Bonchev–Trinajstić information content (AvgIpc) is 3.20. The standard InChI is InChI=1S/C15H23FN2/c1-2-3-10-18(14-8-9-14)15(11-17)12-4-6-13(16)7-5-12/h4-7,14-15H,2-3,8-11,17H2,1H3. The van der Waals surface area contributed by atoms with Crippen LogP contribution in [0.2, 0.25) is 0 Å². The molecule has 2 nitrogen and oxygen atoms in total. The van der Waals surface area contributed by atoms with Crippen LogP contribution in [0.25, 0.3) is 0 Å². The maximum absolute atomic E-state index is 13.0. The molecule has 0 radical (unpaired) electrons. The van der Waals surface area contributed by atoms with E-state index in [0.717, 1.165) is 12.1 Å². The highest BCUT2D eigenvalue weighted by Gasteiger charge is 2.33. The Morgan fingerprint density at radius 2 is 2.00 bits per heavy atom. The minimum absolute atomic E-state index is 0.180. The van der Waals surface area contributed by atoms with Gasteiger partial charge in [0.15, 0.2) is 0 Å². The van der Waals surface area contributed by atoms with Gasteiger partial charge < -0.3 is 5.73 Å². The van der Waals surface area contributed by atoms with Crippen LogP contribution >= 0.6 is 0 Å². The van der Waals surface area contributed by atoms with Crippen molar-refractivity contribution in [3.63, 3.8) is 0 Å². The van der Waals surface area contributed by atoms with E-state index in [2.05, 4.69) is 11.8 Å². The van der Waals surface area contributed by atoms with E-state index in [1.54, 1.807) is 0 Å². The second-order valence-electron chi connectivity index (χ2n) is 5.13. The minimum atomic E-state index is -0.180. The summed E-state index contributed by atoms with van der Waals surface area (Å²) in [4.78, 5) is 2.51. The first kappa shape index (κ1) is 13.5. The first-order chi connectivity index (χ1) is 8.76. The number of unbranched alkanes of at least 4 members (excludes halogenated alkanes) is 1. The summed E-state index contributed by atoms with van der Waals surface area (Å²) in [6.45, 7) is 3.91. The van der Waals surface area contributed by atoms with E-state index in [0.29, 0.717) is 12.6 Å². The Balaban J connectivity index is 2.11. The summed E-state index contributed by atoms with van der Waals surface area (Å²) in [7, 11) is 0. The highest BCUT2D eigenvalue weighted by molar-refractivity contribution is 5.21. The molecule has 2 N–H and O–H groups in total. The molecule has 1 aromatic carbocycles. The molecule has 3 heteroatoms. The molecule has 18 heavy (non-hydrogen) atoms. The lowest BCUT2D eigenvalue weighted by Crippen LogP contribution is -2.36. The third-order valence-corrected chi connectivity index (χ3v) is 3.66. The van der Waals surface area contributed by atoms with Crippen molar-refractivity contribution in [3.8, 4) is 0 Å². The molecule has 0 spiro atoms. The summed E-state index contributed by atoms with van der Waals surface area (Å²) in [5.41, 5.74) is 7.09. The number of halogens is 1. The smallest absolute Gasteiger partial charge is 0.123 e. The minimum Gasteiger partial charge on any atom is -0.329 e. The second-order valence-corrected chi connectivity index (χ2v) is 5.13. The van der Waals surface area contributed by atoms with E-state index in [4.69, 9.17) is 5.73 Å². The van der Waals surface area contributed by atoms with Crippen LogP contribution in [-0.4, -0.2) is 24.0 Å². The van der Waals surface area contributed by atoms with Crippen LogP contribution in [-0.2, 0) is 0 Å². The molecule has 1 saturated carbocycles. The number of rotatable bonds is 7. The number of nitrogens with two attached hydrogens (primary N) is 1. The van der Waals surface area contributed by atoms with Crippen molar-refractivity contribution < 1.29 is 4.39 Å². The fraction of sp³-hybridized carbons (Fsp3) is 0.600. The van der Waals surface area contributed by atoms with Crippen LogP contribution in [0.5, 0.6) is 0 Å². The van der Waals surface area contributed by atoms with Crippen LogP contribution in [0.4, 0.5) is 4.39 Å². The Bertz CT molecular complexity index is 359. The van der Waals surface area contributed by atoms with E-state index >= 15 is 0 Å². The molecule has 0 heterocycles. The largest absolute Gasteiger partial charge is 0.329 e. The quantitative estimate of drug-likeness (QED) is 0.805. The topological polar surface area (TPSA) is 29.3 Å². The molecule has 0 aliphatic heterocycles. The summed E-state index contributed by atoms with van der Waals surface area (Å²) in [5.74, 6) is -0.180. The Labute approximate surface area is 109 Å². The maximum atomic E-state index is 13.0. The van der Waals surface area contributed by atoms with Gasteiger partial charge in [0.2, 0.25) is 0 Å². The van der Waals surface area contributed by atoms with E-state index in [1.807, 2.05) is 12.1 Å². The predicted octanol–water partition coefficient (Wildman–Crippen LogP) is 3.09. The molecule has 1 aliphatic rings. The van der Waals surface area contributed by atoms with Gasteiger partial charge in [-0.3, -0.25) is 4.90 Å². The van der Waals surface area contributed by atoms with Gasteiger partial charge in [0.05, 0.1) is 0 Å². The zero-order valence-electron chi connectivity index (χ0n) is 11.1. The highest BCUT2D eigenvalue weighted by atomic mass is 19.1. The van der Waals surface area contributed by atoms with Crippen molar-refractivity contribution in [2.45, 2.75) is 44.7 Å².